The van der Waals surface area contributed by atoms with Crippen molar-refractivity contribution in [3.05, 3.63) is 33.8 Å². The second-order valence-corrected chi connectivity index (χ2v) is 4.71. The molecule has 68 valence electrons. The van der Waals surface area contributed by atoms with Crippen LogP contribution in [0.1, 0.15) is 24.0 Å². The topological polar surface area (TPSA) is 9.23 Å². The SMILES string of the molecule is Brc1cccc2c1CCC21CCO1. The highest BCUT2D eigenvalue weighted by Gasteiger charge is 2.45. The lowest BCUT2D eigenvalue weighted by molar-refractivity contribution is -0.152. The van der Waals surface area contributed by atoms with Gasteiger partial charge in [0.25, 0.3) is 0 Å². The fraction of sp³-hybridized carbons (Fsp3) is 0.455. The van der Waals surface area contributed by atoms with E-state index in [9.17, 15) is 0 Å². The molecule has 1 aromatic rings. The fourth-order valence-corrected chi connectivity index (χ4v) is 3.02. The number of hydrogen-bond acceptors (Lipinski definition) is 1. The first-order chi connectivity index (χ1) is 6.32. The summed E-state index contributed by atoms with van der Waals surface area (Å²) < 4.78 is 6.99. The van der Waals surface area contributed by atoms with Crippen molar-refractivity contribution in [2.45, 2.75) is 24.9 Å². The van der Waals surface area contributed by atoms with Crippen LogP contribution in [0.2, 0.25) is 0 Å². The molecule has 1 saturated heterocycles. The number of fused-ring (bicyclic) bond motifs is 2. The summed E-state index contributed by atoms with van der Waals surface area (Å²) in [5.74, 6) is 0. The van der Waals surface area contributed by atoms with Crippen molar-refractivity contribution in [3.63, 3.8) is 0 Å². The Kier molecular flexibility index (Phi) is 1.59. The van der Waals surface area contributed by atoms with Crippen LogP contribution in [0.5, 0.6) is 0 Å². The van der Waals surface area contributed by atoms with Crippen LogP contribution < -0.4 is 0 Å². The predicted octanol–water partition coefficient (Wildman–Crippen LogP) is 3.01. The molecule has 2 heteroatoms. The second-order valence-electron chi connectivity index (χ2n) is 3.86. The Morgan fingerprint density at radius 3 is 2.85 bits per heavy atom. The van der Waals surface area contributed by atoms with Gasteiger partial charge >= 0.3 is 0 Å². The largest absolute Gasteiger partial charge is 0.370 e. The molecule has 3 rings (SSSR count). The smallest absolute Gasteiger partial charge is 0.0959 e. The molecule has 0 saturated carbocycles. The van der Waals surface area contributed by atoms with Crippen LogP contribution in [0.25, 0.3) is 0 Å². The van der Waals surface area contributed by atoms with Gasteiger partial charge in [0, 0.05) is 10.9 Å². The quantitative estimate of drug-likeness (QED) is 0.676. The van der Waals surface area contributed by atoms with Crippen molar-refractivity contribution in [1.29, 1.82) is 0 Å². The number of hydrogen-bond donors (Lipinski definition) is 0. The van der Waals surface area contributed by atoms with Crippen molar-refractivity contribution in [2.24, 2.45) is 0 Å². The average molecular weight is 239 g/mol. The maximum absolute atomic E-state index is 5.74. The molecule has 1 atom stereocenters. The zero-order valence-electron chi connectivity index (χ0n) is 7.35. The first kappa shape index (κ1) is 8.01. The van der Waals surface area contributed by atoms with Crippen LogP contribution in [0.4, 0.5) is 0 Å². The number of ether oxygens (including phenoxy) is 1. The molecular weight excluding hydrogens is 228 g/mol. The minimum absolute atomic E-state index is 0.110. The lowest BCUT2D eigenvalue weighted by Gasteiger charge is -2.39. The van der Waals surface area contributed by atoms with Gasteiger partial charge in [-0.1, -0.05) is 28.1 Å². The van der Waals surface area contributed by atoms with Gasteiger partial charge in [0.15, 0.2) is 0 Å². The van der Waals surface area contributed by atoms with Crippen molar-refractivity contribution in [2.75, 3.05) is 6.61 Å². The Morgan fingerprint density at radius 2 is 2.15 bits per heavy atom. The number of halogens is 1. The van der Waals surface area contributed by atoms with Gasteiger partial charge in [-0.3, -0.25) is 0 Å². The summed E-state index contributed by atoms with van der Waals surface area (Å²) in [5.41, 5.74) is 2.99. The Morgan fingerprint density at radius 1 is 1.31 bits per heavy atom. The van der Waals surface area contributed by atoms with Gasteiger partial charge in [0.05, 0.1) is 12.2 Å². The van der Waals surface area contributed by atoms with E-state index < -0.39 is 0 Å². The monoisotopic (exact) mass is 238 g/mol. The summed E-state index contributed by atoms with van der Waals surface area (Å²) in [6.07, 6.45) is 3.54. The molecule has 13 heavy (non-hydrogen) atoms. The molecule has 2 aliphatic rings. The van der Waals surface area contributed by atoms with Crippen LogP contribution in [-0.2, 0) is 16.8 Å². The van der Waals surface area contributed by atoms with Gasteiger partial charge in [-0.25, -0.2) is 0 Å². The van der Waals surface area contributed by atoms with Crippen molar-refractivity contribution >= 4 is 15.9 Å². The molecule has 0 bridgehead atoms. The van der Waals surface area contributed by atoms with E-state index in [1.54, 1.807) is 0 Å². The molecule has 1 spiro atoms. The Bertz CT molecular complexity index is 355. The zero-order chi connectivity index (χ0) is 8.89. The molecular formula is C11H11BrO. The van der Waals surface area contributed by atoms with Gasteiger partial charge in [-0.2, -0.15) is 0 Å². The first-order valence-electron chi connectivity index (χ1n) is 4.74. The summed E-state index contributed by atoms with van der Waals surface area (Å²) >= 11 is 3.60. The van der Waals surface area contributed by atoms with Crippen LogP contribution in [-0.4, -0.2) is 6.61 Å². The van der Waals surface area contributed by atoms with Crippen LogP contribution in [0.15, 0.2) is 22.7 Å². The molecule has 1 fully saturated rings. The van der Waals surface area contributed by atoms with Crippen molar-refractivity contribution in [1.82, 2.24) is 0 Å². The lowest BCUT2D eigenvalue weighted by Crippen LogP contribution is -2.38. The van der Waals surface area contributed by atoms with Crippen LogP contribution >= 0.6 is 15.9 Å². The molecule has 1 heterocycles. The molecule has 0 amide bonds. The number of rotatable bonds is 0. The maximum atomic E-state index is 5.74. The average Bonchev–Trinajstić information content (AvgIpc) is 2.44. The molecule has 0 radical (unpaired) electrons. The summed E-state index contributed by atoms with van der Waals surface area (Å²) in [5, 5.41) is 0. The van der Waals surface area contributed by atoms with E-state index >= 15 is 0 Å². The van der Waals surface area contributed by atoms with Gasteiger partial charge in [-0.15, -0.1) is 0 Å². The third kappa shape index (κ3) is 0.960. The summed E-state index contributed by atoms with van der Waals surface area (Å²) in [4.78, 5) is 0. The molecule has 1 aliphatic carbocycles. The van der Waals surface area contributed by atoms with E-state index in [4.69, 9.17) is 4.74 Å². The van der Waals surface area contributed by atoms with E-state index in [1.165, 1.54) is 28.4 Å². The minimum atomic E-state index is 0.110. The molecule has 1 aromatic carbocycles. The molecule has 1 aliphatic heterocycles. The van der Waals surface area contributed by atoms with Gasteiger partial charge < -0.3 is 4.74 Å². The normalized spacial score (nSPS) is 30.2. The molecule has 0 N–H and O–H groups in total. The zero-order valence-corrected chi connectivity index (χ0v) is 8.93. The highest BCUT2D eigenvalue weighted by Crippen LogP contribution is 2.49. The summed E-state index contributed by atoms with van der Waals surface area (Å²) in [6.45, 7) is 0.936. The third-order valence-corrected chi connectivity index (χ3v) is 4.02. The maximum Gasteiger partial charge on any atom is 0.0959 e. The Hall–Kier alpha value is -0.340. The van der Waals surface area contributed by atoms with E-state index in [-0.39, 0.29) is 5.60 Å². The minimum Gasteiger partial charge on any atom is -0.370 e. The molecule has 0 aromatic heterocycles. The standard InChI is InChI=1S/C11H11BrO/c12-10-3-1-2-9-8(10)4-5-11(9)6-7-13-11/h1-3H,4-7H2. The predicted molar refractivity (Wildman–Crippen MR) is 54.7 cm³/mol. The second kappa shape index (κ2) is 2.58. The molecule has 1 unspecified atom stereocenters. The number of benzene rings is 1. The van der Waals surface area contributed by atoms with Crippen LogP contribution in [0.3, 0.4) is 0 Å². The van der Waals surface area contributed by atoms with Crippen LogP contribution in [0, 0.1) is 0 Å². The lowest BCUT2D eigenvalue weighted by atomic mass is 9.88. The van der Waals surface area contributed by atoms with Gasteiger partial charge in [0.1, 0.15) is 0 Å². The fourth-order valence-electron chi connectivity index (χ4n) is 2.46. The Balaban J connectivity index is 2.16. The van der Waals surface area contributed by atoms with Gasteiger partial charge in [-0.05, 0) is 30.0 Å². The summed E-state index contributed by atoms with van der Waals surface area (Å²) in [6, 6.07) is 6.44. The van der Waals surface area contributed by atoms with E-state index in [1.807, 2.05) is 0 Å². The van der Waals surface area contributed by atoms with Crippen molar-refractivity contribution < 1.29 is 4.74 Å². The van der Waals surface area contributed by atoms with E-state index in [2.05, 4.69) is 34.1 Å². The third-order valence-electron chi connectivity index (χ3n) is 3.27. The highest BCUT2D eigenvalue weighted by molar-refractivity contribution is 9.10. The van der Waals surface area contributed by atoms with Gasteiger partial charge in [0.2, 0.25) is 0 Å². The van der Waals surface area contributed by atoms with Crippen molar-refractivity contribution in [3.8, 4) is 0 Å². The highest BCUT2D eigenvalue weighted by atomic mass is 79.9. The first-order valence-corrected chi connectivity index (χ1v) is 5.53. The van der Waals surface area contributed by atoms with E-state index in [0.29, 0.717) is 0 Å². The Labute approximate surface area is 86.2 Å². The molecule has 1 nitrogen and oxygen atoms in total. The summed E-state index contributed by atoms with van der Waals surface area (Å²) in [7, 11) is 0. The van der Waals surface area contributed by atoms with E-state index in [0.717, 1.165) is 13.0 Å².